The van der Waals surface area contributed by atoms with E-state index in [2.05, 4.69) is 15.5 Å². The minimum Gasteiger partial charge on any atom is -0.423 e. The summed E-state index contributed by atoms with van der Waals surface area (Å²) in [6, 6.07) is 11.0. The third-order valence-electron chi connectivity index (χ3n) is 5.53. The lowest BCUT2D eigenvalue weighted by Gasteiger charge is -2.17. The van der Waals surface area contributed by atoms with E-state index in [1.165, 1.54) is 30.3 Å². The van der Waals surface area contributed by atoms with Crippen LogP contribution in [0, 0.1) is 6.92 Å². The number of rotatable bonds is 3. The third-order valence-corrected chi connectivity index (χ3v) is 5.53. The minimum absolute atomic E-state index is 0.0262. The van der Waals surface area contributed by atoms with Crippen molar-refractivity contribution in [1.82, 2.24) is 10.1 Å². The average Bonchev–Trinajstić information content (AvgIpc) is 3.18. The number of ether oxygens (including phenoxy) is 1. The number of esters is 1. The second-order valence-electron chi connectivity index (χ2n) is 7.80. The van der Waals surface area contributed by atoms with Crippen LogP contribution in [0.4, 0.5) is 18.9 Å². The summed E-state index contributed by atoms with van der Waals surface area (Å²) in [5, 5.41) is 6.81. The summed E-state index contributed by atoms with van der Waals surface area (Å²) in [6.45, 7) is 1.59. The van der Waals surface area contributed by atoms with Gasteiger partial charge in [-0.25, -0.2) is 9.78 Å². The molecule has 0 atom stereocenters. The van der Waals surface area contributed by atoms with Gasteiger partial charge in [-0.05, 0) is 49.2 Å². The average molecular weight is 467 g/mol. The highest BCUT2D eigenvalue weighted by Crippen LogP contribution is 2.38. The van der Waals surface area contributed by atoms with Crippen LogP contribution in [-0.4, -0.2) is 22.0 Å². The van der Waals surface area contributed by atoms with Gasteiger partial charge in [0, 0.05) is 17.7 Å². The molecular weight excluding hydrogens is 451 g/mol. The Labute approximate surface area is 190 Å². The number of amides is 1. The molecule has 1 aliphatic rings. The van der Waals surface area contributed by atoms with E-state index in [1.807, 2.05) is 0 Å². The summed E-state index contributed by atoms with van der Waals surface area (Å²) in [7, 11) is 0. The van der Waals surface area contributed by atoms with Crippen LogP contribution in [0.3, 0.4) is 0 Å². The van der Waals surface area contributed by atoms with Crippen LogP contribution in [0.1, 0.15) is 33.6 Å². The molecule has 0 radical (unpaired) electrons. The number of hydrogen-bond donors (Lipinski definition) is 1. The molecular formula is C24H16F3N3O4. The fourth-order valence-corrected chi connectivity index (χ4v) is 3.93. The second kappa shape index (κ2) is 7.98. The molecule has 0 unspecified atom stereocenters. The summed E-state index contributed by atoms with van der Waals surface area (Å²) in [5.74, 6) is -0.661. The highest BCUT2D eigenvalue weighted by atomic mass is 19.4. The molecule has 0 saturated heterocycles. The first-order valence-electron chi connectivity index (χ1n) is 10.3. The van der Waals surface area contributed by atoms with E-state index in [-0.39, 0.29) is 39.6 Å². The number of anilines is 1. The van der Waals surface area contributed by atoms with Crippen LogP contribution in [0.25, 0.3) is 22.4 Å². The van der Waals surface area contributed by atoms with Crippen molar-refractivity contribution < 1.29 is 32.0 Å². The van der Waals surface area contributed by atoms with Gasteiger partial charge in [0.1, 0.15) is 5.75 Å². The monoisotopic (exact) mass is 467 g/mol. The number of aryl methyl sites for hydroxylation is 2. The third kappa shape index (κ3) is 3.87. The minimum atomic E-state index is -4.62. The lowest BCUT2D eigenvalue weighted by Crippen LogP contribution is -2.19. The highest BCUT2D eigenvalue weighted by molar-refractivity contribution is 6.05. The van der Waals surface area contributed by atoms with E-state index >= 15 is 0 Å². The van der Waals surface area contributed by atoms with Gasteiger partial charge in [-0.15, -0.1) is 0 Å². The van der Waals surface area contributed by atoms with E-state index in [0.29, 0.717) is 24.2 Å². The number of benzene rings is 2. The van der Waals surface area contributed by atoms with Crippen LogP contribution < -0.4 is 10.1 Å². The Hall–Kier alpha value is -4.21. The topological polar surface area (TPSA) is 94.3 Å². The van der Waals surface area contributed by atoms with Gasteiger partial charge in [-0.1, -0.05) is 23.4 Å². The Morgan fingerprint density at radius 1 is 1.12 bits per heavy atom. The zero-order valence-electron chi connectivity index (χ0n) is 17.7. The molecule has 2 aromatic carbocycles. The largest absolute Gasteiger partial charge is 0.423 e. The van der Waals surface area contributed by atoms with Gasteiger partial charge in [0.05, 0.1) is 27.9 Å². The van der Waals surface area contributed by atoms with Crippen molar-refractivity contribution in [2.45, 2.75) is 25.9 Å². The number of carbonyl (C=O) groups is 2. The van der Waals surface area contributed by atoms with Gasteiger partial charge in [-0.2, -0.15) is 13.2 Å². The van der Waals surface area contributed by atoms with Crippen molar-refractivity contribution in [1.29, 1.82) is 0 Å². The van der Waals surface area contributed by atoms with E-state index in [9.17, 15) is 22.8 Å². The lowest BCUT2D eigenvalue weighted by molar-refractivity contribution is -0.137. The molecule has 10 heteroatoms. The summed E-state index contributed by atoms with van der Waals surface area (Å²) >= 11 is 0. The maximum Gasteiger partial charge on any atom is 0.417 e. The summed E-state index contributed by atoms with van der Waals surface area (Å²) < 4.78 is 51.5. The number of fused-ring (bicyclic) bond motifs is 2. The van der Waals surface area contributed by atoms with Crippen LogP contribution in [-0.2, 0) is 17.4 Å². The van der Waals surface area contributed by atoms with Gasteiger partial charge < -0.3 is 14.6 Å². The Balaban J connectivity index is 1.57. The molecule has 0 bridgehead atoms. The molecule has 1 N–H and O–H groups in total. The van der Waals surface area contributed by atoms with Crippen LogP contribution in [0.2, 0.25) is 0 Å². The van der Waals surface area contributed by atoms with Crippen LogP contribution in [0.15, 0.2) is 53.1 Å². The molecule has 0 saturated carbocycles. The molecule has 172 valence electrons. The normalized spacial score (nSPS) is 13.5. The molecule has 1 amide bonds. The molecule has 34 heavy (non-hydrogen) atoms. The zero-order chi connectivity index (χ0) is 24.0. The molecule has 0 aliphatic carbocycles. The summed E-state index contributed by atoms with van der Waals surface area (Å²) in [5.41, 5.74) is 0.497. The lowest BCUT2D eigenvalue weighted by atomic mass is 10.0. The smallest absolute Gasteiger partial charge is 0.417 e. The van der Waals surface area contributed by atoms with E-state index in [1.54, 1.807) is 19.1 Å². The summed E-state index contributed by atoms with van der Waals surface area (Å²) in [6.07, 6.45) is -3.81. The zero-order valence-corrected chi connectivity index (χ0v) is 17.7. The maximum atomic E-state index is 13.6. The number of nitrogens with zero attached hydrogens (tertiary/aromatic N) is 2. The number of nitrogens with one attached hydrogen (secondary N) is 1. The Morgan fingerprint density at radius 2 is 1.91 bits per heavy atom. The van der Waals surface area contributed by atoms with Gasteiger partial charge in [0.15, 0.2) is 0 Å². The summed E-state index contributed by atoms with van der Waals surface area (Å²) in [4.78, 5) is 28.9. The molecule has 0 spiro atoms. The fraction of sp³-hybridized carbons (Fsp3) is 0.167. The number of aromatic nitrogens is 2. The molecule has 4 aromatic rings. The van der Waals surface area contributed by atoms with Crippen LogP contribution in [0.5, 0.6) is 5.75 Å². The maximum absolute atomic E-state index is 13.6. The highest BCUT2D eigenvalue weighted by Gasteiger charge is 2.34. The number of halogens is 3. The molecule has 0 fully saturated rings. The van der Waals surface area contributed by atoms with E-state index < -0.39 is 17.7 Å². The van der Waals surface area contributed by atoms with Crippen molar-refractivity contribution in [3.8, 4) is 17.0 Å². The van der Waals surface area contributed by atoms with Gasteiger partial charge in [-0.3, -0.25) is 4.79 Å². The number of carbonyl (C=O) groups excluding carboxylic acids is 2. The van der Waals surface area contributed by atoms with Crippen molar-refractivity contribution in [3.05, 3.63) is 70.9 Å². The Kier molecular flexibility index (Phi) is 5.07. The van der Waals surface area contributed by atoms with Gasteiger partial charge >= 0.3 is 12.1 Å². The van der Waals surface area contributed by atoms with Gasteiger partial charge in [0.2, 0.25) is 5.91 Å². The molecule has 2 aromatic heterocycles. The van der Waals surface area contributed by atoms with E-state index in [4.69, 9.17) is 9.26 Å². The predicted molar refractivity (Wildman–Crippen MR) is 115 cm³/mol. The first-order chi connectivity index (χ1) is 16.2. The standard InChI is InChI=1S/C24H16F3N3O4/c1-12-21-16(23(32)33-14-7-8-18-13(10-14)6-9-20(31)28-18)11-19(29-22(21)34-30-12)15-4-2-3-5-17(15)24(25,26)27/h2-5,7-8,10-11H,6,9H2,1H3,(H,28,31). The van der Waals surface area contributed by atoms with E-state index in [0.717, 1.165) is 11.6 Å². The quantitative estimate of drug-likeness (QED) is 0.324. The van der Waals surface area contributed by atoms with Crippen molar-refractivity contribution in [3.63, 3.8) is 0 Å². The van der Waals surface area contributed by atoms with Crippen molar-refractivity contribution >= 4 is 28.7 Å². The SMILES string of the molecule is Cc1noc2nc(-c3ccccc3C(F)(F)F)cc(C(=O)Oc3ccc4c(c3)CCC(=O)N4)c12. The molecule has 3 heterocycles. The Bertz CT molecular complexity index is 1460. The molecule has 1 aliphatic heterocycles. The fourth-order valence-electron chi connectivity index (χ4n) is 3.93. The van der Waals surface area contributed by atoms with Crippen molar-refractivity contribution in [2.24, 2.45) is 0 Å². The number of pyridine rings is 1. The second-order valence-corrected chi connectivity index (χ2v) is 7.80. The predicted octanol–water partition coefficient (Wildman–Crippen LogP) is 5.32. The number of hydrogen-bond acceptors (Lipinski definition) is 6. The number of alkyl halides is 3. The van der Waals surface area contributed by atoms with Crippen LogP contribution >= 0.6 is 0 Å². The molecule has 5 rings (SSSR count). The van der Waals surface area contributed by atoms with Gasteiger partial charge in [0.25, 0.3) is 5.71 Å². The first kappa shape index (κ1) is 21.6. The Morgan fingerprint density at radius 3 is 2.71 bits per heavy atom. The van der Waals surface area contributed by atoms with Crippen molar-refractivity contribution in [2.75, 3.05) is 5.32 Å². The first-order valence-corrected chi connectivity index (χ1v) is 10.3. The molecule has 7 nitrogen and oxygen atoms in total.